The third-order valence-electron chi connectivity index (χ3n) is 4.59. The van der Waals surface area contributed by atoms with E-state index in [2.05, 4.69) is 15.3 Å². The highest BCUT2D eigenvalue weighted by Crippen LogP contribution is 2.42. The molecule has 1 aromatic heterocycles. The van der Waals surface area contributed by atoms with Crippen LogP contribution in [0.3, 0.4) is 0 Å². The maximum atomic E-state index is 12.2. The van der Waals surface area contributed by atoms with Gasteiger partial charge >= 0.3 is 5.97 Å². The molecule has 1 aliphatic heterocycles. The second kappa shape index (κ2) is 6.16. The lowest BCUT2D eigenvalue weighted by Gasteiger charge is -2.17. The normalized spacial score (nSPS) is 14.7. The van der Waals surface area contributed by atoms with E-state index in [1.165, 1.54) is 7.11 Å². The molecule has 0 spiro atoms. The Bertz CT molecular complexity index is 1070. The van der Waals surface area contributed by atoms with Gasteiger partial charge in [0, 0.05) is 12.0 Å². The number of methoxy groups -OCH3 is 1. The van der Waals surface area contributed by atoms with Crippen LogP contribution < -0.4 is 10.1 Å². The zero-order valence-corrected chi connectivity index (χ0v) is 16.3. The van der Waals surface area contributed by atoms with E-state index in [1.54, 1.807) is 6.07 Å². The van der Waals surface area contributed by atoms with Crippen molar-refractivity contribution in [1.29, 1.82) is 0 Å². The molecule has 2 aromatic carbocycles. The largest absolute Gasteiger partial charge is 0.486 e. The van der Waals surface area contributed by atoms with Crippen LogP contribution in [0.1, 0.15) is 35.3 Å². The molecule has 140 valence electrons. The number of aromatic nitrogens is 2. The molecule has 0 bridgehead atoms. The molecule has 0 atom stereocenters. The van der Waals surface area contributed by atoms with Gasteiger partial charge in [-0.05, 0) is 44.5 Å². The fourth-order valence-corrected chi connectivity index (χ4v) is 3.57. The number of ether oxygens (including phenoxy) is 2. The predicted octanol–water partition coefficient (Wildman–Crippen LogP) is 4.77. The molecule has 0 saturated carbocycles. The van der Waals surface area contributed by atoms with Crippen LogP contribution in [0.2, 0.25) is 5.02 Å². The Morgan fingerprint density at radius 2 is 2.15 bits per heavy atom. The van der Waals surface area contributed by atoms with Crippen molar-refractivity contribution < 1.29 is 14.3 Å². The van der Waals surface area contributed by atoms with Gasteiger partial charge in [0.2, 0.25) is 5.95 Å². The summed E-state index contributed by atoms with van der Waals surface area (Å²) in [4.78, 5) is 20.1. The van der Waals surface area contributed by atoms with Gasteiger partial charge in [-0.15, -0.1) is 0 Å². The lowest BCUT2D eigenvalue weighted by Crippen LogP contribution is -2.25. The molecule has 3 aromatic rings. The summed E-state index contributed by atoms with van der Waals surface area (Å²) in [5.41, 5.74) is 4.26. The number of rotatable bonds is 3. The Morgan fingerprint density at radius 1 is 1.37 bits per heavy atom. The summed E-state index contributed by atoms with van der Waals surface area (Å²) in [6.45, 7) is 5.97. The van der Waals surface area contributed by atoms with Gasteiger partial charge in [0.15, 0.2) is 0 Å². The number of imidazole rings is 1. The summed E-state index contributed by atoms with van der Waals surface area (Å²) in [5.74, 6) is 0.666. The number of anilines is 2. The van der Waals surface area contributed by atoms with Gasteiger partial charge in [-0.2, -0.15) is 0 Å². The first kappa shape index (κ1) is 17.7. The van der Waals surface area contributed by atoms with Crippen molar-refractivity contribution in [1.82, 2.24) is 9.97 Å². The van der Waals surface area contributed by atoms with E-state index in [1.807, 2.05) is 39.0 Å². The van der Waals surface area contributed by atoms with Crippen molar-refractivity contribution in [2.24, 2.45) is 0 Å². The van der Waals surface area contributed by atoms with E-state index in [4.69, 9.17) is 21.1 Å². The van der Waals surface area contributed by atoms with Gasteiger partial charge in [-0.1, -0.05) is 17.7 Å². The molecule has 0 fully saturated rings. The Morgan fingerprint density at radius 3 is 2.89 bits per heavy atom. The minimum Gasteiger partial charge on any atom is -0.486 e. The molecule has 0 aliphatic carbocycles. The second-order valence-electron chi connectivity index (χ2n) is 7.35. The number of aromatic amines is 1. The van der Waals surface area contributed by atoms with E-state index in [-0.39, 0.29) is 0 Å². The van der Waals surface area contributed by atoms with Crippen LogP contribution in [0.15, 0.2) is 24.3 Å². The Kier molecular flexibility index (Phi) is 4.03. The van der Waals surface area contributed by atoms with Crippen LogP contribution in [0.4, 0.5) is 11.6 Å². The summed E-state index contributed by atoms with van der Waals surface area (Å²) in [6, 6.07) is 7.43. The number of hydrogen-bond acceptors (Lipinski definition) is 5. The average molecular weight is 386 g/mol. The van der Waals surface area contributed by atoms with E-state index >= 15 is 0 Å². The van der Waals surface area contributed by atoms with E-state index in [0.29, 0.717) is 34.2 Å². The summed E-state index contributed by atoms with van der Waals surface area (Å²) in [6.07, 6.45) is 0.663. The molecule has 0 saturated heterocycles. The number of aryl methyl sites for hydroxylation is 1. The summed E-state index contributed by atoms with van der Waals surface area (Å²) in [5, 5.41) is 3.82. The van der Waals surface area contributed by atoms with Crippen LogP contribution in [-0.4, -0.2) is 28.6 Å². The van der Waals surface area contributed by atoms with Crippen LogP contribution in [-0.2, 0) is 11.2 Å². The number of fused-ring (bicyclic) bond motifs is 3. The average Bonchev–Trinajstić information content (AvgIpc) is 3.15. The standard InChI is InChI=1S/C20H20ClN3O3/c1-10-5-6-13(21)14(7-10)22-19-23-15-8-11(18(25)26-4)17-12(16(15)24-19)9-20(2,3)27-17/h5-8H,9H2,1-4H3,(H2,22,23,24). The monoisotopic (exact) mass is 385 g/mol. The smallest absolute Gasteiger partial charge is 0.341 e. The Labute approximate surface area is 161 Å². The highest BCUT2D eigenvalue weighted by Gasteiger charge is 2.36. The summed E-state index contributed by atoms with van der Waals surface area (Å²) >= 11 is 6.28. The molecule has 7 heteroatoms. The molecule has 6 nitrogen and oxygen atoms in total. The number of benzene rings is 2. The number of H-pyrrole nitrogens is 1. The molecule has 4 rings (SSSR count). The van der Waals surface area contributed by atoms with Gasteiger partial charge in [0.25, 0.3) is 0 Å². The summed E-state index contributed by atoms with van der Waals surface area (Å²) in [7, 11) is 1.36. The van der Waals surface area contributed by atoms with Crippen molar-refractivity contribution in [3.05, 3.63) is 46.0 Å². The molecule has 0 radical (unpaired) electrons. The molecule has 1 aliphatic rings. The van der Waals surface area contributed by atoms with Gasteiger partial charge in [-0.3, -0.25) is 0 Å². The zero-order chi connectivity index (χ0) is 19.3. The highest BCUT2D eigenvalue weighted by atomic mass is 35.5. The van der Waals surface area contributed by atoms with Crippen molar-refractivity contribution in [2.75, 3.05) is 12.4 Å². The molecule has 0 unspecified atom stereocenters. The third kappa shape index (κ3) is 3.10. The lowest BCUT2D eigenvalue weighted by molar-refractivity contribution is 0.0590. The quantitative estimate of drug-likeness (QED) is 0.635. The van der Waals surface area contributed by atoms with Crippen molar-refractivity contribution in [3.8, 4) is 5.75 Å². The number of esters is 1. The Hall–Kier alpha value is -2.73. The molecule has 2 N–H and O–H groups in total. The van der Waals surface area contributed by atoms with Crippen LogP contribution in [0, 0.1) is 6.92 Å². The lowest BCUT2D eigenvalue weighted by atomic mass is 9.99. The van der Waals surface area contributed by atoms with E-state index in [0.717, 1.165) is 22.3 Å². The van der Waals surface area contributed by atoms with E-state index < -0.39 is 11.6 Å². The third-order valence-corrected chi connectivity index (χ3v) is 4.92. The van der Waals surface area contributed by atoms with Crippen molar-refractivity contribution >= 4 is 40.2 Å². The maximum Gasteiger partial charge on any atom is 0.341 e. The fourth-order valence-electron chi connectivity index (χ4n) is 3.41. The molecule has 0 amide bonds. The minimum atomic E-state index is -0.440. The topological polar surface area (TPSA) is 76.2 Å². The van der Waals surface area contributed by atoms with Crippen LogP contribution in [0.5, 0.6) is 5.75 Å². The highest BCUT2D eigenvalue weighted by molar-refractivity contribution is 6.33. The van der Waals surface area contributed by atoms with Crippen molar-refractivity contribution in [2.45, 2.75) is 32.8 Å². The van der Waals surface area contributed by atoms with Gasteiger partial charge in [0.05, 0.1) is 28.9 Å². The van der Waals surface area contributed by atoms with Crippen LogP contribution >= 0.6 is 11.6 Å². The minimum absolute atomic E-state index is 0.386. The van der Waals surface area contributed by atoms with E-state index in [9.17, 15) is 4.79 Å². The molecule has 27 heavy (non-hydrogen) atoms. The SMILES string of the molecule is COC(=O)c1cc2nc(Nc3cc(C)ccc3Cl)[nH]c2c2c1OC(C)(C)C2. The van der Waals surface area contributed by atoms with Crippen molar-refractivity contribution in [3.63, 3.8) is 0 Å². The summed E-state index contributed by atoms with van der Waals surface area (Å²) < 4.78 is 10.9. The zero-order valence-electron chi connectivity index (χ0n) is 15.6. The Balaban J connectivity index is 1.83. The predicted molar refractivity (Wildman–Crippen MR) is 105 cm³/mol. The first-order valence-corrected chi connectivity index (χ1v) is 9.01. The first-order valence-electron chi connectivity index (χ1n) is 8.63. The molecule has 2 heterocycles. The number of halogens is 1. The molecular formula is C20H20ClN3O3. The van der Waals surface area contributed by atoms with Gasteiger partial charge < -0.3 is 19.8 Å². The number of nitrogens with zero attached hydrogens (tertiary/aromatic N) is 1. The number of hydrogen-bond donors (Lipinski definition) is 2. The van der Waals surface area contributed by atoms with Gasteiger partial charge in [-0.25, -0.2) is 9.78 Å². The fraction of sp³-hybridized carbons (Fsp3) is 0.300. The number of nitrogens with one attached hydrogen (secondary N) is 2. The maximum absolute atomic E-state index is 12.2. The first-order chi connectivity index (χ1) is 12.8. The molecular weight excluding hydrogens is 366 g/mol. The van der Waals surface area contributed by atoms with Crippen LogP contribution in [0.25, 0.3) is 11.0 Å². The number of carbonyl (C=O) groups excluding carboxylic acids is 1. The number of carbonyl (C=O) groups is 1. The van der Waals surface area contributed by atoms with Gasteiger partial charge in [0.1, 0.15) is 16.9 Å². The second-order valence-corrected chi connectivity index (χ2v) is 7.76.